The minimum atomic E-state index is 0.168. The Kier molecular flexibility index (Phi) is 4.76. The number of hydrogen-bond donors (Lipinski definition) is 1. The quantitative estimate of drug-likeness (QED) is 0.820. The highest BCUT2D eigenvalue weighted by atomic mass is 14.6. The average Bonchev–Trinajstić information content (AvgIpc) is 2.15. The molecule has 0 saturated carbocycles. The van der Waals surface area contributed by atoms with Crippen LogP contribution in [0.15, 0.2) is 24.3 Å². The maximum atomic E-state index is 5.93. The molecular formula is C16H27N. The smallest absolute Gasteiger partial charge is 0.00187 e. The monoisotopic (exact) mass is 233 g/mol. The van der Waals surface area contributed by atoms with Crippen LogP contribution in [0, 0.1) is 5.92 Å². The summed E-state index contributed by atoms with van der Waals surface area (Å²) in [7, 11) is 0. The highest BCUT2D eigenvalue weighted by molar-refractivity contribution is 5.29. The van der Waals surface area contributed by atoms with Crippen molar-refractivity contribution in [2.24, 2.45) is 11.7 Å². The van der Waals surface area contributed by atoms with Crippen LogP contribution in [0.5, 0.6) is 0 Å². The van der Waals surface area contributed by atoms with Crippen LogP contribution in [0.2, 0.25) is 0 Å². The molecule has 0 heterocycles. The first-order chi connectivity index (χ1) is 7.81. The van der Waals surface area contributed by atoms with E-state index in [-0.39, 0.29) is 11.5 Å². The van der Waals surface area contributed by atoms with Crippen molar-refractivity contribution in [3.8, 4) is 0 Å². The Morgan fingerprint density at radius 1 is 1.18 bits per heavy atom. The van der Waals surface area contributed by atoms with Gasteiger partial charge in [0.05, 0.1) is 0 Å². The van der Waals surface area contributed by atoms with Crippen molar-refractivity contribution in [3.63, 3.8) is 0 Å². The molecule has 1 atom stereocenters. The van der Waals surface area contributed by atoms with Crippen LogP contribution < -0.4 is 5.73 Å². The molecule has 96 valence electrons. The van der Waals surface area contributed by atoms with Crippen molar-refractivity contribution in [1.82, 2.24) is 0 Å². The van der Waals surface area contributed by atoms with E-state index in [4.69, 9.17) is 5.73 Å². The second-order valence-electron chi connectivity index (χ2n) is 6.36. The fourth-order valence-electron chi connectivity index (χ4n) is 2.51. The molecule has 0 aliphatic carbocycles. The Balaban J connectivity index is 2.90. The summed E-state index contributed by atoms with van der Waals surface area (Å²) >= 11 is 0. The van der Waals surface area contributed by atoms with Crippen LogP contribution in [0.3, 0.4) is 0 Å². The molecule has 2 N–H and O–H groups in total. The van der Waals surface area contributed by atoms with E-state index in [2.05, 4.69) is 58.9 Å². The van der Waals surface area contributed by atoms with Crippen molar-refractivity contribution in [2.45, 2.75) is 58.9 Å². The summed E-state index contributed by atoms with van der Waals surface area (Å²) in [5.41, 5.74) is 8.95. The van der Waals surface area contributed by atoms with Crippen LogP contribution in [-0.4, -0.2) is 6.04 Å². The lowest BCUT2D eigenvalue weighted by Gasteiger charge is -2.28. The maximum Gasteiger partial charge on any atom is 0.00187 e. The standard InChI is InChI=1S/C16H27N/c1-12(2)9-14-7-6-8-15(10-14)16(4,5)11-13(3)17/h6-8,10,12-13H,9,11,17H2,1-5H3. The maximum absolute atomic E-state index is 5.93. The summed E-state index contributed by atoms with van der Waals surface area (Å²) in [6.45, 7) is 11.2. The predicted molar refractivity (Wildman–Crippen MR) is 76.3 cm³/mol. The summed E-state index contributed by atoms with van der Waals surface area (Å²) in [6.07, 6.45) is 2.18. The predicted octanol–water partition coefficient (Wildman–Crippen LogP) is 3.90. The first kappa shape index (κ1) is 14.2. The lowest BCUT2D eigenvalue weighted by Crippen LogP contribution is -2.28. The van der Waals surface area contributed by atoms with Gasteiger partial charge in [0.1, 0.15) is 0 Å². The third-order valence-corrected chi connectivity index (χ3v) is 3.18. The zero-order valence-corrected chi connectivity index (χ0v) is 12.0. The third-order valence-electron chi connectivity index (χ3n) is 3.18. The van der Waals surface area contributed by atoms with Crippen LogP contribution in [0.4, 0.5) is 0 Å². The molecular weight excluding hydrogens is 206 g/mol. The largest absolute Gasteiger partial charge is 0.328 e. The zero-order chi connectivity index (χ0) is 13.1. The second kappa shape index (κ2) is 5.68. The van der Waals surface area contributed by atoms with Crippen LogP contribution in [0.1, 0.15) is 52.2 Å². The Labute approximate surface area is 106 Å². The molecule has 0 aromatic heterocycles. The highest BCUT2D eigenvalue weighted by Gasteiger charge is 2.22. The van der Waals surface area contributed by atoms with E-state index in [1.807, 2.05) is 0 Å². The van der Waals surface area contributed by atoms with Gasteiger partial charge < -0.3 is 5.73 Å². The molecule has 1 unspecified atom stereocenters. The third kappa shape index (κ3) is 4.51. The lowest BCUT2D eigenvalue weighted by molar-refractivity contribution is 0.437. The van der Waals surface area contributed by atoms with E-state index in [1.165, 1.54) is 11.1 Å². The molecule has 0 fully saturated rings. The van der Waals surface area contributed by atoms with Gasteiger partial charge in [0.2, 0.25) is 0 Å². The van der Waals surface area contributed by atoms with Crippen molar-refractivity contribution in [3.05, 3.63) is 35.4 Å². The minimum Gasteiger partial charge on any atom is -0.328 e. The topological polar surface area (TPSA) is 26.0 Å². The van der Waals surface area contributed by atoms with E-state index in [0.717, 1.165) is 12.8 Å². The summed E-state index contributed by atoms with van der Waals surface area (Å²) in [6, 6.07) is 9.23. The first-order valence-corrected chi connectivity index (χ1v) is 6.66. The zero-order valence-electron chi connectivity index (χ0n) is 12.0. The van der Waals surface area contributed by atoms with Gasteiger partial charge in [-0.1, -0.05) is 52.0 Å². The molecule has 0 spiro atoms. The summed E-state index contributed by atoms with van der Waals surface area (Å²) in [4.78, 5) is 0. The summed E-state index contributed by atoms with van der Waals surface area (Å²) < 4.78 is 0. The average molecular weight is 233 g/mol. The van der Waals surface area contributed by atoms with Gasteiger partial charge >= 0.3 is 0 Å². The fraction of sp³-hybridized carbons (Fsp3) is 0.625. The van der Waals surface area contributed by atoms with Gasteiger partial charge in [-0.05, 0) is 42.2 Å². The van der Waals surface area contributed by atoms with Gasteiger partial charge in [-0.2, -0.15) is 0 Å². The summed E-state index contributed by atoms with van der Waals surface area (Å²) in [5.74, 6) is 0.710. The molecule has 17 heavy (non-hydrogen) atoms. The van der Waals surface area contributed by atoms with Gasteiger partial charge in [0.15, 0.2) is 0 Å². The Morgan fingerprint density at radius 3 is 2.35 bits per heavy atom. The number of hydrogen-bond acceptors (Lipinski definition) is 1. The molecule has 0 amide bonds. The highest BCUT2D eigenvalue weighted by Crippen LogP contribution is 2.29. The molecule has 1 nitrogen and oxygen atoms in total. The Hall–Kier alpha value is -0.820. The van der Waals surface area contributed by atoms with Crippen molar-refractivity contribution >= 4 is 0 Å². The molecule has 0 saturated heterocycles. The van der Waals surface area contributed by atoms with E-state index in [1.54, 1.807) is 0 Å². The van der Waals surface area contributed by atoms with Gasteiger partial charge in [0.25, 0.3) is 0 Å². The normalized spacial score (nSPS) is 14.1. The van der Waals surface area contributed by atoms with E-state index < -0.39 is 0 Å². The van der Waals surface area contributed by atoms with E-state index in [0.29, 0.717) is 5.92 Å². The molecule has 0 aliphatic heterocycles. The van der Waals surface area contributed by atoms with Crippen LogP contribution in [-0.2, 0) is 11.8 Å². The molecule has 1 rings (SSSR count). The molecule has 1 aromatic rings. The van der Waals surface area contributed by atoms with E-state index in [9.17, 15) is 0 Å². The molecule has 0 aliphatic rings. The van der Waals surface area contributed by atoms with Gasteiger partial charge in [0, 0.05) is 6.04 Å². The first-order valence-electron chi connectivity index (χ1n) is 6.66. The van der Waals surface area contributed by atoms with E-state index >= 15 is 0 Å². The van der Waals surface area contributed by atoms with Crippen molar-refractivity contribution in [1.29, 1.82) is 0 Å². The molecule has 1 heteroatoms. The SMILES string of the molecule is CC(C)Cc1cccc(C(C)(C)CC(C)N)c1. The van der Waals surface area contributed by atoms with Crippen LogP contribution >= 0.6 is 0 Å². The lowest BCUT2D eigenvalue weighted by atomic mass is 9.78. The van der Waals surface area contributed by atoms with Crippen molar-refractivity contribution in [2.75, 3.05) is 0 Å². The summed E-state index contributed by atoms with van der Waals surface area (Å²) in [5, 5.41) is 0. The van der Waals surface area contributed by atoms with Crippen LogP contribution in [0.25, 0.3) is 0 Å². The van der Waals surface area contributed by atoms with Gasteiger partial charge in [-0.25, -0.2) is 0 Å². The fourth-order valence-corrected chi connectivity index (χ4v) is 2.51. The number of benzene rings is 1. The Morgan fingerprint density at radius 2 is 1.82 bits per heavy atom. The second-order valence-corrected chi connectivity index (χ2v) is 6.36. The van der Waals surface area contributed by atoms with Gasteiger partial charge in [-0.15, -0.1) is 0 Å². The Bertz CT molecular complexity index is 350. The number of nitrogens with two attached hydrogens (primary N) is 1. The molecule has 0 radical (unpaired) electrons. The number of rotatable bonds is 5. The molecule has 0 bridgehead atoms. The minimum absolute atomic E-state index is 0.168. The van der Waals surface area contributed by atoms with Gasteiger partial charge in [-0.3, -0.25) is 0 Å². The van der Waals surface area contributed by atoms with Crippen molar-refractivity contribution < 1.29 is 0 Å². The molecule has 1 aromatic carbocycles.